The van der Waals surface area contributed by atoms with Gasteiger partial charge in [0.1, 0.15) is 5.75 Å². The molecular weight excluding hydrogens is 358 g/mol. The maximum Gasteiger partial charge on any atom is 0.311 e. The van der Waals surface area contributed by atoms with Crippen molar-refractivity contribution in [1.29, 1.82) is 0 Å². The van der Waals surface area contributed by atoms with Gasteiger partial charge in [-0.25, -0.2) is 0 Å². The van der Waals surface area contributed by atoms with E-state index >= 15 is 0 Å². The van der Waals surface area contributed by atoms with Crippen molar-refractivity contribution in [3.05, 3.63) is 24.0 Å². The van der Waals surface area contributed by atoms with Crippen LogP contribution in [0.2, 0.25) is 0 Å². The first-order chi connectivity index (χ1) is 14.2. The van der Waals surface area contributed by atoms with Gasteiger partial charge in [0.2, 0.25) is 0 Å². The average molecular weight is 400 g/mol. The van der Waals surface area contributed by atoms with Crippen LogP contribution in [0.25, 0.3) is 0 Å². The predicted octanol–water partition coefficient (Wildman–Crippen LogP) is 7.13. The van der Waals surface area contributed by atoms with Gasteiger partial charge in [0.15, 0.2) is 0 Å². The Bertz CT molecular complexity index is 596. The van der Waals surface area contributed by atoms with Crippen LogP contribution in [-0.4, -0.2) is 11.0 Å². The Morgan fingerprint density at radius 3 is 2.17 bits per heavy atom. The minimum atomic E-state index is -0.152. The number of rotatable bonds is 9. The molecule has 3 heteroatoms. The summed E-state index contributed by atoms with van der Waals surface area (Å²) in [6.07, 6.45) is 19.4. The quantitative estimate of drug-likeness (QED) is 0.414. The molecule has 0 unspecified atom stereocenters. The van der Waals surface area contributed by atoms with Crippen molar-refractivity contribution in [2.24, 2.45) is 23.7 Å². The van der Waals surface area contributed by atoms with E-state index in [9.17, 15) is 4.79 Å². The van der Waals surface area contributed by atoms with Crippen LogP contribution in [-0.2, 0) is 11.2 Å². The number of hydrogen-bond acceptors (Lipinski definition) is 3. The fourth-order valence-corrected chi connectivity index (χ4v) is 5.49. The van der Waals surface area contributed by atoms with Gasteiger partial charge >= 0.3 is 5.97 Å². The van der Waals surface area contributed by atoms with Gasteiger partial charge in [-0.3, -0.25) is 9.78 Å². The molecule has 0 spiro atoms. The van der Waals surface area contributed by atoms with Gasteiger partial charge in [-0.05, 0) is 80.8 Å². The second-order valence-corrected chi connectivity index (χ2v) is 9.57. The first-order valence-electron chi connectivity index (χ1n) is 12.3. The summed E-state index contributed by atoms with van der Waals surface area (Å²) in [6, 6.07) is 3.93. The maximum absolute atomic E-state index is 11.7. The summed E-state index contributed by atoms with van der Waals surface area (Å²) in [5, 5.41) is 0. The number of unbranched alkanes of at least 4 members (excludes halogenated alkanes) is 1. The van der Waals surface area contributed by atoms with Gasteiger partial charge < -0.3 is 4.74 Å². The van der Waals surface area contributed by atoms with Crippen molar-refractivity contribution in [1.82, 2.24) is 4.98 Å². The van der Waals surface area contributed by atoms with Crippen molar-refractivity contribution >= 4 is 5.97 Å². The van der Waals surface area contributed by atoms with Crippen molar-refractivity contribution < 1.29 is 9.53 Å². The highest BCUT2D eigenvalue weighted by Gasteiger charge is 2.30. The van der Waals surface area contributed by atoms with Gasteiger partial charge in [0.05, 0.1) is 6.20 Å². The number of hydrogen-bond donors (Lipinski definition) is 0. The summed E-state index contributed by atoms with van der Waals surface area (Å²) in [6.45, 7) is 4.44. The number of nitrogens with zero attached hydrogens (tertiary/aromatic N) is 1. The molecule has 0 N–H and O–H groups in total. The lowest BCUT2D eigenvalue weighted by Crippen LogP contribution is -2.25. The molecule has 2 aliphatic rings. The van der Waals surface area contributed by atoms with Gasteiger partial charge in [-0.2, -0.15) is 0 Å². The molecule has 1 aromatic rings. The summed E-state index contributed by atoms with van der Waals surface area (Å²) in [5.74, 6) is 4.33. The van der Waals surface area contributed by atoms with E-state index in [1.807, 2.05) is 12.1 Å². The molecular formula is C26H41NO2. The third kappa shape index (κ3) is 7.12. The lowest BCUT2D eigenvalue weighted by atomic mass is 9.68. The third-order valence-electron chi connectivity index (χ3n) is 7.60. The Balaban J connectivity index is 1.34. The van der Waals surface area contributed by atoms with Gasteiger partial charge in [0.25, 0.3) is 0 Å². The number of carbonyl (C=O) groups is 1. The van der Waals surface area contributed by atoms with Crippen LogP contribution in [0.3, 0.4) is 0 Å². The van der Waals surface area contributed by atoms with Gasteiger partial charge in [-0.1, -0.05) is 52.4 Å². The first kappa shape index (κ1) is 22.3. The van der Waals surface area contributed by atoms with E-state index in [1.165, 1.54) is 64.2 Å². The summed E-state index contributed by atoms with van der Waals surface area (Å²) in [5.41, 5.74) is 1.12. The van der Waals surface area contributed by atoms with Crippen molar-refractivity contribution in [3.8, 4) is 5.75 Å². The number of ether oxygens (including phenoxy) is 1. The Kier molecular flexibility index (Phi) is 9.01. The molecule has 0 atom stereocenters. The van der Waals surface area contributed by atoms with Gasteiger partial charge in [-0.15, -0.1) is 0 Å². The molecule has 0 radical (unpaired) electrons. The zero-order valence-electron chi connectivity index (χ0n) is 18.7. The molecule has 0 amide bonds. The molecule has 0 bridgehead atoms. The second-order valence-electron chi connectivity index (χ2n) is 9.57. The van der Waals surface area contributed by atoms with Gasteiger partial charge in [0, 0.05) is 12.1 Å². The number of esters is 1. The van der Waals surface area contributed by atoms with E-state index in [1.54, 1.807) is 6.20 Å². The normalized spacial score (nSPS) is 27.5. The lowest BCUT2D eigenvalue weighted by molar-refractivity contribution is -0.134. The molecule has 3 rings (SSSR count). The zero-order valence-corrected chi connectivity index (χ0v) is 18.7. The molecule has 0 aliphatic heterocycles. The first-order valence-corrected chi connectivity index (χ1v) is 12.3. The lowest BCUT2D eigenvalue weighted by Gasteiger charge is -2.37. The molecule has 0 aromatic carbocycles. The summed E-state index contributed by atoms with van der Waals surface area (Å²) in [7, 11) is 0. The van der Waals surface area contributed by atoms with Crippen LogP contribution in [0.15, 0.2) is 18.3 Å². The van der Waals surface area contributed by atoms with E-state index in [0.29, 0.717) is 12.2 Å². The molecule has 2 saturated carbocycles. The SMILES string of the molecule is CCCCC(=O)Oc1ccc(CC[C@H]2CC[C@H]([C@H]3CC[C@H](CC)CC3)CC2)nc1. The maximum atomic E-state index is 11.7. The smallest absolute Gasteiger partial charge is 0.311 e. The summed E-state index contributed by atoms with van der Waals surface area (Å²) in [4.78, 5) is 16.2. The average Bonchev–Trinajstić information content (AvgIpc) is 2.77. The van der Waals surface area contributed by atoms with Crippen LogP contribution < -0.4 is 4.74 Å². The number of aryl methyl sites for hydroxylation is 1. The summed E-state index contributed by atoms with van der Waals surface area (Å²) >= 11 is 0. The molecule has 1 heterocycles. The highest BCUT2D eigenvalue weighted by molar-refractivity contribution is 5.72. The fraction of sp³-hybridized carbons (Fsp3) is 0.769. The third-order valence-corrected chi connectivity index (χ3v) is 7.60. The second kappa shape index (κ2) is 11.7. The Morgan fingerprint density at radius 1 is 0.966 bits per heavy atom. The molecule has 162 valence electrons. The molecule has 2 fully saturated rings. The minimum absolute atomic E-state index is 0.152. The van der Waals surface area contributed by atoms with Crippen LogP contribution in [0, 0.1) is 23.7 Å². The van der Waals surface area contributed by atoms with E-state index in [-0.39, 0.29) is 5.97 Å². The van der Waals surface area contributed by atoms with Crippen molar-refractivity contribution in [2.75, 3.05) is 0 Å². The molecule has 29 heavy (non-hydrogen) atoms. The number of aromatic nitrogens is 1. The van der Waals surface area contributed by atoms with E-state index in [2.05, 4.69) is 18.8 Å². The molecule has 2 aliphatic carbocycles. The molecule has 0 saturated heterocycles. The minimum Gasteiger partial charge on any atom is -0.425 e. The van der Waals surface area contributed by atoms with E-state index in [4.69, 9.17) is 4.74 Å². The van der Waals surface area contributed by atoms with Crippen LogP contribution >= 0.6 is 0 Å². The molecule has 3 nitrogen and oxygen atoms in total. The highest BCUT2D eigenvalue weighted by Crippen LogP contribution is 2.42. The van der Waals surface area contributed by atoms with Crippen molar-refractivity contribution in [3.63, 3.8) is 0 Å². The predicted molar refractivity (Wildman–Crippen MR) is 119 cm³/mol. The monoisotopic (exact) mass is 399 g/mol. The Morgan fingerprint density at radius 2 is 1.62 bits per heavy atom. The number of carbonyl (C=O) groups excluding carboxylic acids is 1. The van der Waals surface area contributed by atoms with Crippen LogP contribution in [0.4, 0.5) is 0 Å². The molecule has 1 aromatic heterocycles. The Hall–Kier alpha value is -1.38. The van der Waals surface area contributed by atoms with Crippen LogP contribution in [0.1, 0.15) is 103 Å². The Labute approximate surface area is 178 Å². The van der Waals surface area contributed by atoms with Crippen molar-refractivity contribution in [2.45, 2.75) is 104 Å². The number of pyridine rings is 1. The zero-order chi connectivity index (χ0) is 20.5. The largest absolute Gasteiger partial charge is 0.425 e. The van der Waals surface area contributed by atoms with Crippen LogP contribution in [0.5, 0.6) is 5.75 Å². The van der Waals surface area contributed by atoms with E-state index in [0.717, 1.165) is 48.6 Å². The standard InChI is InChI=1S/C26H41NO2/c1-3-5-6-26(28)29-25-18-17-24(27-19-25)16-11-21-9-14-23(15-10-21)22-12-7-20(4-2)8-13-22/h17-23H,3-16H2,1-2H3/t20-,21-,22-,23-. The fourth-order valence-electron chi connectivity index (χ4n) is 5.49. The van der Waals surface area contributed by atoms with E-state index < -0.39 is 0 Å². The topological polar surface area (TPSA) is 39.2 Å². The summed E-state index contributed by atoms with van der Waals surface area (Å²) < 4.78 is 5.35. The highest BCUT2D eigenvalue weighted by atomic mass is 16.5.